The minimum absolute atomic E-state index is 0.0970. The minimum atomic E-state index is -0.933. The SMILES string of the molecule is Cc1cc(OC(CCC(C)C)c2ccc(C(=O)NCCC(=O)O)s2)ccc1-c1ccc(C(C)(C)C)cc1. The van der Waals surface area contributed by atoms with Gasteiger partial charge in [-0.25, -0.2) is 0 Å². The number of benzene rings is 2. The van der Waals surface area contributed by atoms with Crippen molar-refractivity contribution >= 4 is 23.2 Å². The van der Waals surface area contributed by atoms with Crippen molar-refractivity contribution in [3.63, 3.8) is 0 Å². The molecule has 198 valence electrons. The molecule has 1 amide bonds. The lowest BCUT2D eigenvalue weighted by atomic mass is 9.86. The van der Waals surface area contributed by atoms with Crippen LogP contribution in [0.3, 0.4) is 0 Å². The van der Waals surface area contributed by atoms with E-state index in [2.05, 4.69) is 83.3 Å². The number of hydrogen-bond donors (Lipinski definition) is 2. The van der Waals surface area contributed by atoms with Crippen LogP contribution in [0.1, 0.15) is 85.7 Å². The van der Waals surface area contributed by atoms with Crippen molar-refractivity contribution < 1.29 is 19.4 Å². The number of nitrogens with one attached hydrogen (secondary N) is 1. The van der Waals surface area contributed by atoms with Gasteiger partial charge in [-0.15, -0.1) is 11.3 Å². The lowest BCUT2D eigenvalue weighted by Crippen LogP contribution is -2.25. The summed E-state index contributed by atoms with van der Waals surface area (Å²) in [6.07, 6.45) is 1.58. The molecule has 0 aliphatic carbocycles. The second kappa shape index (κ2) is 12.4. The number of aryl methyl sites for hydroxylation is 1. The first-order valence-electron chi connectivity index (χ1n) is 12.9. The first kappa shape index (κ1) is 28.5. The molecule has 2 N–H and O–H groups in total. The minimum Gasteiger partial charge on any atom is -0.485 e. The summed E-state index contributed by atoms with van der Waals surface area (Å²) in [5, 5.41) is 11.5. The Labute approximate surface area is 224 Å². The number of amides is 1. The lowest BCUT2D eigenvalue weighted by Gasteiger charge is -2.21. The van der Waals surface area contributed by atoms with Crippen LogP contribution in [0.2, 0.25) is 0 Å². The quantitative estimate of drug-likeness (QED) is 0.270. The van der Waals surface area contributed by atoms with Crippen molar-refractivity contribution in [1.82, 2.24) is 5.32 Å². The number of carboxylic acids is 1. The molecule has 0 fully saturated rings. The van der Waals surface area contributed by atoms with E-state index in [1.54, 1.807) is 6.07 Å². The van der Waals surface area contributed by atoms with E-state index in [0.29, 0.717) is 10.8 Å². The van der Waals surface area contributed by atoms with Crippen LogP contribution in [0.15, 0.2) is 54.6 Å². The highest BCUT2D eigenvalue weighted by Gasteiger charge is 2.20. The maximum atomic E-state index is 12.4. The summed E-state index contributed by atoms with van der Waals surface area (Å²) in [6.45, 7) is 13.3. The van der Waals surface area contributed by atoms with Gasteiger partial charge in [0.15, 0.2) is 0 Å². The van der Waals surface area contributed by atoms with Gasteiger partial charge in [0.05, 0.1) is 11.3 Å². The van der Waals surface area contributed by atoms with E-state index in [9.17, 15) is 9.59 Å². The van der Waals surface area contributed by atoms with Gasteiger partial charge in [0.2, 0.25) is 0 Å². The second-order valence-corrected chi connectivity index (χ2v) is 12.1. The van der Waals surface area contributed by atoms with Gasteiger partial charge in [0.25, 0.3) is 5.91 Å². The van der Waals surface area contributed by atoms with Crippen molar-refractivity contribution in [1.29, 1.82) is 0 Å². The Hall–Kier alpha value is -3.12. The summed E-state index contributed by atoms with van der Waals surface area (Å²) in [6, 6.07) is 18.7. The second-order valence-electron chi connectivity index (χ2n) is 11.0. The fourth-order valence-electron chi connectivity index (χ4n) is 4.11. The Morgan fingerprint density at radius 2 is 1.70 bits per heavy atom. The van der Waals surface area contributed by atoms with Crippen LogP contribution in [0.4, 0.5) is 0 Å². The van der Waals surface area contributed by atoms with Crippen LogP contribution in [-0.4, -0.2) is 23.5 Å². The van der Waals surface area contributed by atoms with E-state index >= 15 is 0 Å². The molecule has 1 atom stereocenters. The summed E-state index contributed by atoms with van der Waals surface area (Å²) in [7, 11) is 0. The fourth-order valence-corrected chi connectivity index (χ4v) is 5.10. The molecule has 2 aromatic carbocycles. The van der Waals surface area contributed by atoms with Gasteiger partial charge < -0.3 is 15.2 Å². The molecule has 37 heavy (non-hydrogen) atoms. The molecule has 0 spiro atoms. The molecule has 5 nitrogen and oxygen atoms in total. The van der Waals surface area contributed by atoms with E-state index < -0.39 is 5.97 Å². The van der Waals surface area contributed by atoms with Gasteiger partial charge >= 0.3 is 5.97 Å². The average Bonchev–Trinajstić information content (AvgIpc) is 3.31. The molecular weight excluding hydrogens is 482 g/mol. The zero-order valence-corrected chi connectivity index (χ0v) is 23.6. The number of carbonyl (C=O) groups excluding carboxylic acids is 1. The monoisotopic (exact) mass is 521 g/mol. The highest BCUT2D eigenvalue weighted by Crippen LogP contribution is 2.35. The highest BCUT2D eigenvalue weighted by atomic mass is 32.1. The molecule has 0 aliphatic rings. The third kappa shape index (κ3) is 8.19. The molecule has 0 aliphatic heterocycles. The van der Waals surface area contributed by atoms with Gasteiger partial charge in [0, 0.05) is 11.4 Å². The maximum absolute atomic E-state index is 12.4. The highest BCUT2D eigenvalue weighted by molar-refractivity contribution is 7.14. The predicted molar refractivity (Wildman–Crippen MR) is 152 cm³/mol. The van der Waals surface area contributed by atoms with Crippen molar-refractivity contribution in [3.8, 4) is 16.9 Å². The Morgan fingerprint density at radius 1 is 1.00 bits per heavy atom. The molecule has 1 aromatic heterocycles. The van der Waals surface area contributed by atoms with E-state index in [4.69, 9.17) is 9.84 Å². The zero-order valence-electron chi connectivity index (χ0n) is 22.8. The van der Waals surface area contributed by atoms with E-state index in [-0.39, 0.29) is 30.4 Å². The average molecular weight is 522 g/mol. The van der Waals surface area contributed by atoms with Gasteiger partial charge in [0.1, 0.15) is 11.9 Å². The lowest BCUT2D eigenvalue weighted by molar-refractivity contribution is -0.136. The number of carboxylic acid groups (broad SMARTS) is 1. The largest absolute Gasteiger partial charge is 0.485 e. The Balaban J connectivity index is 1.77. The summed E-state index contributed by atoms with van der Waals surface area (Å²) in [5.41, 5.74) is 4.95. The molecule has 0 bridgehead atoms. The zero-order chi connectivity index (χ0) is 27.2. The number of ether oxygens (including phenoxy) is 1. The number of thiophene rings is 1. The number of carbonyl (C=O) groups is 2. The molecular formula is C31H39NO4S. The smallest absolute Gasteiger partial charge is 0.305 e. The Bertz CT molecular complexity index is 1200. The number of hydrogen-bond acceptors (Lipinski definition) is 4. The summed E-state index contributed by atoms with van der Waals surface area (Å²) < 4.78 is 6.49. The topological polar surface area (TPSA) is 75.6 Å². The third-order valence-corrected chi connectivity index (χ3v) is 7.51. The standard InChI is InChI=1S/C31H39NO4S/c1-20(2)7-14-26(27-15-16-28(37-27)30(35)32-18-17-29(33)34)36-24-12-13-25(21(3)19-24)22-8-10-23(11-9-22)31(4,5)6/h8-13,15-16,19-20,26H,7,14,17-18H2,1-6H3,(H,32,35)(H,33,34). The first-order chi connectivity index (χ1) is 17.4. The Kier molecular flexibility index (Phi) is 9.55. The van der Waals surface area contributed by atoms with Gasteiger partial charge in [-0.2, -0.15) is 0 Å². The summed E-state index contributed by atoms with van der Waals surface area (Å²) in [4.78, 5) is 24.7. The molecule has 1 heterocycles. The van der Waals surface area contributed by atoms with Crippen LogP contribution in [0.5, 0.6) is 5.75 Å². The van der Waals surface area contributed by atoms with Gasteiger partial charge in [-0.1, -0.05) is 65.0 Å². The van der Waals surface area contributed by atoms with Crippen LogP contribution < -0.4 is 10.1 Å². The molecule has 0 saturated heterocycles. The van der Waals surface area contributed by atoms with Crippen molar-refractivity contribution in [2.75, 3.05) is 6.54 Å². The van der Waals surface area contributed by atoms with Crippen LogP contribution >= 0.6 is 11.3 Å². The molecule has 3 rings (SSSR count). The Morgan fingerprint density at radius 3 is 2.30 bits per heavy atom. The van der Waals surface area contributed by atoms with Crippen LogP contribution in [-0.2, 0) is 10.2 Å². The van der Waals surface area contributed by atoms with Gasteiger partial charge in [-0.3, -0.25) is 9.59 Å². The number of rotatable bonds is 11. The van der Waals surface area contributed by atoms with Crippen molar-refractivity contribution in [2.45, 2.75) is 72.3 Å². The summed E-state index contributed by atoms with van der Waals surface area (Å²) in [5.74, 6) is 0.155. The molecule has 0 radical (unpaired) electrons. The third-order valence-electron chi connectivity index (χ3n) is 6.34. The normalized spacial score (nSPS) is 12.4. The van der Waals surface area contributed by atoms with Crippen molar-refractivity contribution in [3.05, 3.63) is 75.5 Å². The molecule has 6 heteroatoms. The van der Waals surface area contributed by atoms with Crippen LogP contribution in [0, 0.1) is 12.8 Å². The molecule has 1 unspecified atom stereocenters. The number of aliphatic carboxylic acids is 1. The van der Waals surface area contributed by atoms with E-state index in [1.165, 1.54) is 28.0 Å². The molecule has 0 saturated carbocycles. The first-order valence-corrected chi connectivity index (χ1v) is 13.7. The van der Waals surface area contributed by atoms with Crippen molar-refractivity contribution in [2.24, 2.45) is 5.92 Å². The van der Waals surface area contributed by atoms with Crippen LogP contribution in [0.25, 0.3) is 11.1 Å². The fraction of sp³-hybridized carbons (Fsp3) is 0.419. The van der Waals surface area contributed by atoms with E-state index in [0.717, 1.165) is 29.0 Å². The molecule has 3 aromatic rings. The maximum Gasteiger partial charge on any atom is 0.305 e. The predicted octanol–water partition coefficient (Wildman–Crippen LogP) is 7.78. The van der Waals surface area contributed by atoms with Gasteiger partial charge in [-0.05, 0) is 77.6 Å². The van der Waals surface area contributed by atoms with E-state index in [1.807, 2.05) is 12.1 Å². The summed E-state index contributed by atoms with van der Waals surface area (Å²) >= 11 is 1.40.